The van der Waals surface area contributed by atoms with Crippen molar-refractivity contribution in [2.75, 3.05) is 20.8 Å². The maximum absolute atomic E-state index is 8.00. The average Bonchev–Trinajstić information content (AvgIpc) is 3.16. The normalized spacial score (nSPS) is 12.3. The molecular formula is C19H49NO3. The highest BCUT2D eigenvalue weighted by atomic mass is 16.2. The molecule has 0 aromatic rings. The predicted octanol–water partition coefficient (Wildman–Crippen LogP) is 4.84. The van der Waals surface area contributed by atoms with E-state index >= 15 is 0 Å². The van der Waals surface area contributed by atoms with Crippen LogP contribution in [0.1, 0.15) is 81.1 Å². The summed E-state index contributed by atoms with van der Waals surface area (Å²) in [6.45, 7) is 18.8. The van der Waals surface area contributed by atoms with Gasteiger partial charge in [0.2, 0.25) is 0 Å². The first kappa shape index (κ1) is 43.2. The third-order valence-electron chi connectivity index (χ3n) is 2.07. The molecule has 0 radical (unpaired) electrons. The molecule has 1 unspecified atom stereocenters. The van der Waals surface area contributed by atoms with Crippen molar-refractivity contribution in [2.45, 2.75) is 87.1 Å². The fourth-order valence-corrected chi connectivity index (χ4v) is 1.45. The Kier molecular flexibility index (Phi) is 156. The summed E-state index contributed by atoms with van der Waals surface area (Å²) in [7, 11) is 2.00. The van der Waals surface area contributed by atoms with Crippen molar-refractivity contribution in [1.82, 2.24) is 5.32 Å². The van der Waals surface area contributed by atoms with E-state index in [0.29, 0.717) is 0 Å². The van der Waals surface area contributed by atoms with Crippen LogP contribution in [0.5, 0.6) is 0 Å². The number of unbranched alkanes of at least 4 members (excludes halogenated alkanes) is 1. The fourth-order valence-electron chi connectivity index (χ4n) is 1.45. The lowest BCUT2D eigenvalue weighted by Gasteiger charge is -2.06. The Morgan fingerprint density at radius 3 is 1.65 bits per heavy atom. The zero-order chi connectivity index (χ0) is 19.2. The number of hydrogen-bond acceptors (Lipinski definition) is 4. The van der Waals surface area contributed by atoms with Crippen LogP contribution < -0.4 is 5.32 Å². The molecule has 1 rings (SSSR count). The molecule has 0 amide bonds. The summed E-state index contributed by atoms with van der Waals surface area (Å²) in [5.74, 6) is 0. The molecule has 4 heteroatoms. The van der Waals surface area contributed by atoms with E-state index in [4.69, 9.17) is 15.0 Å². The molecule has 1 saturated heterocycles. The molecule has 1 fully saturated rings. The molecule has 0 aromatic heterocycles. The summed E-state index contributed by atoms with van der Waals surface area (Å²) >= 11 is 0. The van der Waals surface area contributed by atoms with Gasteiger partial charge in [0.25, 0.3) is 0 Å². The first-order valence-electron chi connectivity index (χ1n) is 8.33. The number of aliphatic hydroxyl groups is 2. The zero-order valence-corrected chi connectivity index (χ0v) is 16.6. The lowest BCUT2D eigenvalue weighted by atomic mass is 10.1. The molecule has 0 saturated carbocycles. The van der Waals surface area contributed by atoms with Gasteiger partial charge < -0.3 is 20.3 Å². The highest BCUT2D eigenvalue weighted by molar-refractivity contribution is 5.10. The molecule has 1 aliphatic heterocycles. The van der Waals surface area contributed by atoms with Gasteiger partial charge in [0, 0.05) is 20.3 Å². The maximum Gasteiger partial charge on any atom is 0.106 e. The summed E-state index contributed by atoms with van der Waals surface area (Å²) in [5.41, 5.74) is 0. The van der Waals surface area contributed by atoms with Gasteiger partial charge in [-0.2, -0.15) is 0 Å². The number of carbonyl (C=O) groups excluding carboxylic acids is 1. The van der Waals surface area contributed by atoms with Crippen molar-refractivity contribution in [3.05, 3.63) is 12.7 Å². The molecular weight excluding hydrogens is 290 g/mol. The van der Waals surface area contributed by atoms with Crippen molar-refractivity contribution in [3.8, 4) is 0 Å². The van der Waals surface area contributed by atoms with E-state index in [9.17, 15) is 0 Å². The second kappa shape index (κ2) is 82.8. The predicted molar refractivity (Wildman–Crippen MR) is 109 cm³/mol. The summed E-state index contributed by atoms with van der Waals surface area (Å²) < 4.78 is 0. The molecule has 148 valence electrons. The topological polar surface area (TPSA) is 69.6 Å². The number of allylic oxidation sites excluding steroid dienone is 1. The van der Waals surface area contributed by atoms with E-state index in [1.807, 2.05) is 41.4 Å². The van der Waals surface area contributed by atoms with Crippen LogP contribution in [0.25, 0.3) is 0 Å². The van der Waals surface area contributed by atoms with Crippen LogP contribution in [0.2, 0.25) is 0 Å². The van der Waals surface area contributed by atoms with E-state index in [0.717, 1.165) is 20.3 Å². The van der Waals surface area contributed by atoms with Crippen molar-refractivity contribution in [1.29, 1.82) is 0 Å². The van der Waals surface area contributed by atoms with Crippen LogP contribution in [-0.2, 0) is 4.79 Å². The van der Waals surface area contributed by atoms with E-state index in [1.165, 1.54) is 38.6 Å². The number of aliphatic hydroxyl groups excluding tert-OH is 2. The lowest BCUT2D eigenvalue weighted by molar-refractivity contribution is -0.0979. The Hall–Kier alpha value is -0.710. The van der Waals surface area contributed by atoms with Gasteiger partial charge in [-0.1, -0.05) is 61.0 Å². The smallest absolute Gasteiger partial charge is 0.106 e. The molecule has 0 aliphatic carbocycles. The number of nitrogens with one attached hydrogen (secondary N) is 1. The maximum atomic E-state index is 8.00. The van der Waals surface area contributed by atoms with Gasteiger partial charge in [-0.05, 0) is 32.7 Å². The van der Waals surface area contributed by atoms with Crippen molar-refractivity contribution in [2.24, 2.45) is 0 Å². The second-order valence-electron chi connectivity index (χ2n) is 3.34. The van der Waals surface area contributed by atoms with Gasteiger partial charge >= 0.3 is 0 Å². The zero-order valence-electron chi connectivity index (χ0n) is 16.6. The molecule has 4 nitrogen and oxygen atoms in total. The summed E-state index contributed by atoms with van der Waals surface area (Å²) in [6, 6.07) is 0.866. The monoisotopic (exact) mass is 339 g/mol. The molecule has 3 N–H and O–H groups in total. The third kappa shape index (κ3) is 74.8. The summed E-state index contributed by atoms with van der Waals surface area (Å²) in [5, 5.41) is 17.5. The van der Waals surface area contributed by atoms with Gasteiger partial charge in [0.05, 0.1) is 0 Å². The third-order valence-corrected chi connectivity index (χ3v) is 2.07. The summed E-state index contributed by atoms with van der Waals surface area (Å²) in [4.78, 5) is 8.00. The van der Waals surface area contributed by atoms with Gasteiger partial charge in [-0.15, -0.1) is 6.58 Å². The fraction of sp³-hybridized carbons (Fsp3) is 0.842. The van der Waals surface area contributed by atoms with Crippen LogP contribution in [0.15, 0.2) is 12.7 Å². The van der Waals surface area contributed by atoms with Gasteiger partial charge in [0.1, 0.15) is 6.79 Å². The van der Waals surface area contributed by atoms with Crippen LogP contribution in [0.3, 0.4) is 0 Å². The highest BCUT2D eigenvalue weighted by Gasteiger charge is 2.11. The molecule has 0 bridgehead atoms. The minimum Gasteiger partial charge on any atom is -0.400 e. The Balaban J connectivity index is -0.0000000314. The van der Waals surface area contributed by atoms with Crippen LogP contribution in [-0.4, -0.2) is 43.8 Å². The Labute approximate surface area is 148 Å². The largest absolute Gasteiger partial charge is 0.400 e. The first-order valence-corrected chi connectivity index (χ1v) is 8.33. The van der Waals surface area contributed by atoms with Crippen LogP contribution in [0, 0.1) is 0 Å². The van der Waals surface area contributed by atoms with Crippen molar-refractivity contribution < 1.29 is 15.0 Å². The quantitative estimate of drug-likeness (QED) is 0.643. The number of rotatable bonds is 3. The Bertz CT molecular complexity index is 117. The SMILES string of the molecule is C.C=CC.C=O.CC.CC.CCCCC1CCCN1.CO.CO. The number of carbonyl (C=O) groups is 1. The molecule has 1 heterocycles. The van der Waals surface area contributed by atoms with Crippen LogP contribution >= 0.6 is 0 Å². The van der Waals surface area contributed by atoms with E-state index < -0.39 is 0 Å². The number of hydrogen-bond donors (Lipinski definition) is 3. The van der Waals surface area contributed by atoms with E-state index in [1.54, 1.807) is 6.08 Å². The molecule has 0 spiro atoms. The Morgan fingerprint density at radius 2 is 1.43 bits per heavy atom. The van der Waals surface area contributed by atoms with Gasteiger partial charge in [0.15, 0.2) is 0 Å². The minimum absolute atomic E-state index is 0. The van der Waals surface area contributed by atoms with Crippen LogP contribution in [0.4, 0.5) is 0 Å². The molecule has 23 heavy (non-hydrogen) atoms. The standard InChI is InChI=1S/C8H17N.C3H6.2C2H6.2CH4O.CH2O.CH4/c1-2-3-5-8-6-4-7-9-8;1-3-2;5*1-2;/h8-9H,2-7H2,1H3;3H,1H2,2H3;2*1-2H3;2*2H,1H3;1H2;1H4. The average molecular weight is 340 g/mol. The Morgan fingerprint density at radius 1 is 1.09 bits per heavy atom. The first-order chi connectivity index (χ1) is 10.8. The molecule has 0 aromatic carbocycles. The van der Waals surface area contributed by atoms with Crippen molar-refractivity contribution >= 4 is 6.79 Å². The van der Waals surface area contributed by atoms with Gasteiger partial charge in [-0.25, -0.2) is 0 Å². The minimum atomic E-state index is 0. The molecule has 1 atom stereocenters. The van der Waals surface area contributed by atoms with Crippen molar-refractivity contribution in [3.63, 3.8) is 0 Å². The second-order valence-corrected chi connectivity index (χ2v) is 3.34. The van der Waals surface area contributed by atoms with E-state index in [-0.39, 0.29) is 7.43 Å². The molecule has 1 aliphatic rings. The summed E-state index contributed by atoms with van der Waals surface area (Å²) in [6.07, 6.45) is 8.71. The van der Waals surface area contributed by atoms with E-state index in [2.05, 4.69) is 18.8 Å². The highest BCUT2D eigenvalue weighted by Crippen LogP contribution is 2.11. The lowest BCUT2D eigenvalue weighted by Crippen LogP contribution is -2.20. The van der Waals surface area contributed by atoms with Gasteiger partial charge in [-0.3, -0.25) is 0 Å².